The van der Waals surface area contributed by atoms with Crippen molar-refractivity contribution in [2.45, 2.75) is 33.2 Å². The number of nitrogen functional groups attached to an aromatic ring is 1. The van der Waals surface area contributed by atoms with Gasteiger partial charge in [0.2, 0.25) is 0 Å². The van der Waals surface area contributed by atoms with Gasteiger partial charge in [-0.05, 0) is 30.2 Å². The highest BCUT2D eigenvalue weighted by Crippen LogP contribution is 2.28. The summed E-state index contributed by atoms with van der Waals surface area (Å²) in [4.78, 5) is 0. The van der Waals surface area contributed by atoms with E-state index < -0.39 is 0 Å². The molecule has 0 aromatic heterocycles. The van der Waals surface area contributed by atoms with Gasteiger partial charge in [-0.15, -0.1) is 0 Å². The molecule has 0 aliphatic carbocycles. The zero-order valence-corrected chi connectivity index (χ0v) is 11.9. The van der Waals surface area contributed by atoms with Crippen molar-refractivity contribution < 1.29 is 0 Å². The molecule has 1 rings (SSSR count). The normalized spacial score (nSPS) is 11.1. The highest BCUT2D eigenvalue weighted by Gasteiger charge is 2.06. The summed E-state index contributed by atoms with van der Waals surface area (Å²) in [5, 5.41) is 4.47. The van der Waals surface area contributed by atoms with Crippen LogP contribution in [0.3, 0.4) is 0 Å². The van der Waals surface area contributed by atoms with Gasteiger partial charge in [-0.3, -0.25) is 0 Å². The Hall–Kier alpha value is -0.440. The number of halogens is 2. The summed E-state index contributed by atoms with van der Waals surface area (Å²) in [6.45, 7) is 6.22. The Morgan fingerprint density at radius 1 is 1.18 bits per heavy atom. The molecule has 0 saturated carbocycles. The second-order valence-electron chi connectivity index (χ2n) is 4.29. The molecule has 0 saturated heterocycles. The Labute approximate surface area is 113 Å². The number of hydrogen-bond acceptors (Lipinski definition) is 2. The summed E-state index contributed by atoms with van der Waals surface area (Å²) in [6.07, 6.45) is 2.40. The van der Waals surface area contributed by atoms with E-state index in [1.165, 1.54) is 12.8 Å². The highest BCUT2D eigenvalue weighted by atomic mass is 35.5. The van der Waals surface area contributed by atoms with Crippen molar-refractivity contribution >= 4 is 28.9 Å². The van der Waals surface area contributed by atoms with Crippen molar-refractivity contribution in [3.63, 3.8) is 0 Å². The second kappa shape index (κ2) is 7.10. The maximum Gasteiger partial charge on any atom is 0.0693 e. The standard InChI is InChI=1S/C13H20Cl2N2/c1-3-9(4-2)7-17-8-10-5-11(14)13(16)12(15)6-10/h5-6,9,17H,3-4,7-8,16H2,1-2H3. The van der Waals surface area contributed by atoms with Crippen molar-refractivity contribution in [1.29, 1.82) is 0 Å². The number of rotatable bonds is 6. The minimum absolute atomic E-state index is 0.456. The number of benzene rings is 1. The van der Waals surface area contributed by atoms with Crippen LogP contribution in [0, 0.1) is 5.92 Å². The zero-order valence-electron chi connectivity index (χ0n) is 10.4. The summed E-state index contributed by atoms with van der Waals surface area (Å²) in [6, 6.07) is 3.73. The van der Waals surface area contributed by atoms with E-state index in [9.17, 15) is 0 Å². The number of nitrogens with one attached hydrogen (secondary N) is 1. The molecule has 0 unspecified atom stereocenters. The first-order valence-corrected chi connectivity index (χ1v) is 6.78. The molecular weight excluding hydrogens is 255 g/mol. The van der Waals surface area contributed by atoms with E-state index in [2.05, 4.69) is 19.2 Å². The van der Waals surface area contributed by atoms with Gasteiger partial charge in [0.05, 0.1) is 15.7 Å². The third kappa shape index (κ3) is 4.38. The summed E-state index contributed by atoms with van der Waals surface area (Å²) in [7, 11) is 0. The van der Waals surface area contributed by atoms with E-state index in [4.69, 9.17) is 28.9 Å². The number of anilines is 1. The van der Waals surface area contributed by atoms with Gasteiger partial charge in [0.25, 0.3) is 0 Å². The lowest BCUT2D eigenvalue weighted by molar-refractivity contribution is 0.449. The van der Waals surface area contributed by atoms with E-state index in [1.54, 1.807) is 0 Å². The predicted molar refractivity (Wildman–Crippen MR) is 76.7 cm³/mol. The maximum atomic E-state index is 5.98. The molecule has 96 valence electrons. The van der Waals surface area contributed by atoms with Gasteiger partial charge >= 0.3 is 0 Å². The van der Waals surface area contributed by atoms with Crippen molar-refractivity contribution in [2.75, 3.05) is 12.3 Å². The first-order chi connectivity index (χ1) is 8.08. The first-order valence-electron chi connectivity index (χ1n) is 6.02. The van der Waals surface area contributed by atoms with Crippen molar-refractivity contribution in [3.8, 4) is 0 Å². The van der Waals surface area contributed by atoms with Crippen LogP contribution in [-0.2, 0) is 6.54 Å². The summed E-state index contributed by atoms with van der Waals surface area (Å²) < 4.78 is 0. The molecule has 0 spiro atoms. The van der Waals surface area contributed by atoms with Gasteiger partial charge in [0.15, 0.2) is 0 Å². The van der Waals surface area contributed by atoms with Crippen LogP contribution in [0.15, 0.2) is 12.1 Å². The Balaban J connectivity index is 2.52. The fourth-order valence-corrected chi connectivity index (χ4v) is 2.27. The Kier molecular flexibility index (Phi) is 6.10. The van der Waals surface area contributed by atoms with E-state index in [-0.39, 0.29) is 0 Å². The lowest BCUT2D eigenvalue weighted by Crippen LogP contribution is -2.21. The maximum absolute atomic E-state index is 5.98. The van der Waals surface area contributed by atoms with Crippen LogP contribution in [0.25, 0.3) is 0 Å². The molecule has 0 aliphatic rings. The number of nitrogens with two attached hydrogens (primary N) is 1. The molecule has 0 amide bonds. The van der Waals surface area contributed by atoms with E-state index >= 15 is 0 Å². The molecule has 0 heterocycles. The van der Waals surface area contributed by atoms with Gasteiger partial charge < -0.3 is 11.1 Å². The largest absolute Gasteiger partial charge is 0.396 e. The van der Waals surface area contributed by atoms with Gasteiger partial charge in [0.1, 0.15) is 0 Å². The predicted octanol–water partition coefficient (Wildman–Crippen LogP) is 4.10. The van der Waals surface area contributed by atoms with E-state index in [0.29, 0.717) is 15.7 Å². The highest BCUT2D eigenvalue weighted by molar-refractivity contribution is 6.38. The third-order valence-electron chi connectivity index (χ3n) is 3.06. The molecule has 0 atom stereocenters. The van der Waals surface area contributed by atoms with Crippen LogP contribution < -0.4 is 11.1 Å². The van der Waals surface area contributed by atoms with E-state index in [0.717, 1.165) is 24.6 Å². The Morgan fingerprint density at radius 3 is 2.18 bits per heavy atom. The van der Waals surface area contributed by atoms with Gasteiger partial charge in [-0.2, -0.15) is 0 Å². The monoisotopic (exact) mass is 274 g/mol. The fraction of sp³-hybridized carbons (Fsp3) is 0.538. The van der Waals surface area contributed by atoms with Gasteiger partial charge in [-0.1, -0.05) is 49.9 Å². The van der Waals surface area contributed by atoms with Crippen LogP contribution in [0.5, 0.6) is 0 Å². The molecule has 0 radical (unpaired) electrons. The van der Waals surface area contributed by atoms with Crippen LogP contribution in [0.2, 0.25) is 10.0 Å². The van der Waals surface area contributed by atoms with E-state index in [1.807, 2.05) is 12.1 Å². The van der Waals surface area contributed by atoms with Crippen LogP contribution in [0.1, 0.15) is 32.3 Å². The van der Waals surface area contributed by atoms with Crippen LogP contribution in [0.4, 0.5) is 5.69 Å². The molecule has 3 N–H and O–H groups in total. The lowest BCUT2D eigenvalue weighted by atomic mass is 10.0. The quantitative estimate of drug-likeness (QED) is 0.767. The van der Waals surface area contributed by atoms with Gasteiger partial charge in [-0.25, -0.2) is 0 Å². The Bertz CT molecular complexity index is 339. The second-order valence-corrected chi connectivity index (χ2v) is 5.10. The zero-order chi connectivity index (χ0) is 12.8. The Morgan fingerprint density at radius 2 is 1.71 bits per heavy atom. The topological polar surface area (TPSA) is 38.0 Å². The summed E-state index contributed by atoms with van der Waals surface area (Å²) in [5.74, 6) is 0.731. The lowest BCUT2D eigenvalue weighted by Gasteiger charge is -2.13. The fourth-order valence-electron chi connectivity index (χ4n) is 1.74. The number of hydrogen-bond donors (Lipinski definition) is 2. The van der Waals surface area contributed by atoms with Crippen molar-refractivity contribution in [3.05, 3.63) is 27.7 Å². The van der Waals surface area contributed by atoms with Crippen molar-refractivity contribution in [1.82, 2.24) is 5.32 Å². The molecule has 4 heteroatoms. The average Bonchev–Trinajstić information content (AvgIpc) is 2.31. The molecule has 0 fully saturated rings. The van der Waals surface area contributed by atoms with Crippen LogP contribution >= 0.6 is 23.2 Å². The SMILES string of the molecule is CCC(CC)CNCc1cc(Cl)c(N)c(Cl)c1. The van der Waals surface area contributed by atoms with Crippen LogP contribution in [-0.4, -0.2) is 6.54 Å². The molecule has 0 bridgehead atoms. The first kappa shape index (κ1) is 14.6. The summed E-state index contributed by atoms with van der Waals surface area (Å²) >= 11 is 12.0. The smallest absolute Gasteiger partial charge is 0.0693 e. The molecule has 2 nitrogen and oxygen atoms in total. The minimum atomic E-state index is 0.456. The average molecular weight is 275 g/mol. The molecule has 1 aromatic carbocycles. The van der Waals surface area contributed by atoms with Gasteiger partial charge in [0, 0.05) is 6.54 Å². The van der Waals surface area contributed by atoms with Crippen molar-refractivity contribution in [2.24, 2.45) is 5.92 Å². The molecule has 1 aromatic rings. The molecule has 17 heavy (non-hydrogen) atoms. The summed E-state index contributed by atoms with van der Waals surface area (Å²) in [5.41, 5.74) is 7.21. The molecule has 0 aliphatic heterocycles. The third-order valence-corrected chi connectivity index (χ3v) is 3.68. The minimum Gasteiger partial charge on any atom is -0.396 e. The molecular formula is C13H20Cl2N2.